The van der Waals surface area contributed by atoms with E-state index in [1.165, 1.54) is 0 Å². The van der Waals surface area contributed by atoms with Crippen molar-refractivity contribution >= 4 is 0 Å². The van der Waals surface area contributed by atoms with Gasteiger partial charge in [-0.2, -0.15) is 0 Å². The summed E-state index contributed by atoms with van der Waals surface area (Å²) in [6.45, 7) is 3.69. The Balaban J connectivity index is 3.98. The number of hydrogen-bond donors (Lipinski definition) is 2. The fourth-order valence-corrected chi connectivity index (χ4v) is 0.842. The highest BCUT2D eigenvalue weighted by molar-refractivity contribution is 5.23. The monoisotopic (exact) mass is 182 g/mol. The zero-order chi connectivity index (χ0) is 10.1. The van der Waals surface area contributed by atoms with E-state index in [-0.39, 0.29) is 12.7 Å². The molecule has 2 heteroatoms. The highest BCUT2D eigenvalue weighted by Gasteiger charge is 1.88. The van der Waals surface area contributed by atoms with Crippen molar-refractivity contribution in [3.05, 3.63) is 36.0 Å². The average molecular weight is 182 g/mol. The van der Waals surface area contributed by atoms with Crippen molar-refractivity contribution in [2.75, 3.05) is 6.61 Å². The second-order valence-electron chi connectivity index (χ2n) is 2.91. The summed E-state index contributed by atoms with van der Waals surface area (Å²) in [5.41, 5.74) is 0.865. The first kappa shape index (κ1) is 12.1. The van der Waals surface area contributed by atoms with Crippen molar-refractivity contribution in [1.29, 1.82) is 0 Å². The molecule has 0 aromatic carbocycles. The van der Waals surface area contributed by atoms with Crippen molar-refractivity contribution in [2.24, 2.45) is 0 Å². The van der Waals surface area contributed by atoms with Crippen molar-refractivity contribution in [3.8, 4) is 0 Å². The number of aliphatic hydroxyl groups is 2. The van der Waals surface area contributed by atoms with Crippen molar-refractivity contribution in [2.45, 2.75) is 26.4 Å². The third-order valence-electron chi connectivity index (χ3n) is 1.49. The molecule has 1 unspecified atom stereocenters. The van der Waals surface area contributed by atoms with Gasteiger partial charge in [0.2, 0.25) is 0 Å². The number of aliphatic hydroxyl groups excluding tert-OH is 2. The predicted molar refractivity (Wildman–Crippen MR) is 55.4 cm³/mol. The Kier molecular flexibility index (Phi) is 7.26. The first-order chi connectivity index (χ1) is 6.20. The van der Waals surface area contributed by atoms with Gasteiger partial charge in [0.15, 0.2) is 0 Å². The summed E-state index contributed by atoms with van der Waals surface area (Å²) in [5, 5.41) is 17.8. The summed E-state index contributed by atoms with van der Waals surface area (Å²) in [5.74, 6) is 0. The van der Waals surface area contributed by atoms with Crippen molar-refractivity contribution < 1.29 is 10.2 Å². The minimum Gasteiger partial charge on any atom is -0.393 e. The smallest absolute Gasteiger partial charge is 0.0681 e. The van der Waals surface area contributed by atoms with E-state index in [9.17, 15) is 0 Å². The largest absolute Gasteiger partial charge is 0.393 e. The summed E-state index contributed by atoms with van der Waals surface area (Å²) >= 11 is 0. The third-order valence-corrected chi connectivity index (χ3v) is 1.49. The lowest BCUT2D eigenvalue weighted by molar-refractivity contribution is 0.198. The van der Waals surface area contributed by atoms with E-state index in [0.29, 0.717) is 6.42 Å². The van der Waals surface area contributed by atoms with Crippen LogP contribution in [0.5, 0.6) is 0 Å². The van der Waals surface area contributed by atoms with E-state index in [1.807, 2.05) is 37.3 Å². The Labute approximate surface area is 79.9 Å². The van der Waals surface area contributed by atoms with E-state index in [2.05, 4.69) is 0 Å². The van der Waals surface area contributed by atoms with Crippen LogP contribution in [0, 0.1) is 0 Å². The summed E-state index contributed by atoms with van der Waals surface area (Å²) in [6.07, 6.45) is 9.64. The molecule has 2 nitrogen and oxygen atoms in total. The van der Waals surface area contributed by atoms with Crippen LogP contribution in [0.15, 0.2) is 36.0 Å². The lowest BCUT2D eigenvalue weighted by Crippen LogP contribution is -1.95. The summed E-state index contributed by atoms with van der Waals surface area (Å²) in [7, 11) is 0. The van der Waals surface area contributed by atoms with Gasteiger partial charge in [0, 0.05) is 0 Å². The van der Waals surface area contributed by atoms with Crippen molar-refractivity contribution in [3.63, 3.8) is 0 Å². The second kappa shape index (κ2) is 7.77. The summed E-state index contributed by atoms with van der Waals surface area (Å²) < 4.78 is 0. The molecule has 0 spiro atoms. The van der Waals surface area contributed by atoms with E-state index < -0.39 is 0 Å². The Hall–Kier alpha value is -0.860. The SMILES string of the molecule is CC=CC(=CC=CCC(C)O)CO. The standard InChI is InChI=1S/C11H18O2/c1-3-6-11(9-12)8-5-4-7-10(2)13/h3-6,8,10,12-13H,7,9H2,1-2H3. The Morgan fingerprint density at radius 1 is 1.46 bits per heavy atom. The molecule has 0 aliphatic carbocycles. The molecule has 0 aromatic rings. The number of hydrogen-bond acceptors (Lipinski definition) is 2. The lowest BCUT2D eigenvalue weighted by atomic mass is 10.2. The molecule has 0 aromatic heterocycles. The maximum Gasteiger partial charge on any atom is 0.0681 e. The van der Waals surface area contributed by atoms with Crippen LogP contribution < -0.4 is 0 Å². The quantitative estimate of drug-likeness (QED) is 0.637. The molecule has 0 saturated carbocycles. The van der Waals surface area contributed by atoms with Crippen LogP contribution in [0.3, 0.4) is 0 Å². The van der Waals surface area contributed by atoms with E-state index in [4.69, 9.17) is 10.2 Å². The van der Waals surface area contributed by atoms with E-state index in [1.54, 1.807) is 6.92 Å². The minimum atomic E-state index is -0.302. The zero-order valence-electron chi connectivity index (χ0n) is 8.27. The third kappa shape index (κ3) is 7.50. The van der Waals surface area contributed by atoms with Gasteiger partial charge in [-0.05, 0) is 25.8 Å². The molecule has 74 valence electrons. The molecule has 0 radical (unpaired) electrons. The van der Waals surface area contributed by atoms with Crippen LogP contribution in [-0.2, 0) is 0 Å². The van der Waals surface area contributed by atoms with Gasteiger partial charge in [-0.25, -0.2) is 0 Å². The van der Waals surface area contributed by atoms with Gasteiger partial charge >= 0.3 is 0 Å². The highest BCUT2D eigenvalue weighted by Crippen LogP contribution is 1.97. The molecule has 0 amide bonds. The molecule has 0 saturated heterocycles. The molecule has 2 N–H and O–H groups in total. The molecular weight excluding hydrogens is 164 g/mol. The first-order valence-corrected chi connectivity index (χ1v) is 4.48. The summed E-state index contributed by atoms with van der Waals surface area (Å²) in [4.78, 5) is 0. The molecule has 0 aliphatic rings. The fraction of sp³-hybridized carbons (Fsp3) is 0.455. The van der Waals surface area contributed by atoms with Crippen LogP contribution in [-0.4, -0.2) is 22.9 Å². The predicted octanol–water partition coefficient (Wildman–Crippen LogP) is 1.81. The fourth-order valence-electron chi connectivity index (χ4n) is 0.842. The molecule has 0 aliphatic heterocycles. The molecule has 0 bridgehead atoms. The zero-order valence-corrected chi connectivity index (χ0v) is 8.27. The normalized spacial score (nSPS) is 15.8. The Morgan fingerprint density at radius 2 is 2.15 bits per heavy atom. The van der Waals surface area contributed by atoms with E-state index >= 15 is 0 Å². The van der Waals surface area contributed by atoms with Gasteiger partial charge in [-0.15, -0.1) is 0 Å². The molecule has 0 fully saturated rings. The minimum absolute atomic E-state index is 0.0450. The average Bonchev–Trinajstić information content (AvgIpc) is 2.10. The van der Waals surface area contributed by atoms with Crippen LogP contribution in [0.1, 0.15) is 20.3 Å². The van der Waals surface area contributed by atoms with Gasteiger partial charge in [0.05, 0.1) is 12.7 Å². The molecule has 1 atom stereocenters. The van der Waals surface area contributed by atoms with Gasteiger partial charge in [0.25, 0.3) is 0 Å². The van der Waals surface area contributed by atoms with Crippen LogP contribution in [0.2, 0.25) is 0 Å². The van der Waals surface area contributed by atoms with E-state index in [0.717, 1.165) is 5.57 Å². The molecular formula is C11H18O2. The molecule has 0 rings (SSSR count). The topological polar surface area (TPSA) is 40.5 Å². The molecule has 13 heavy (non-hydrogen) atoms. The summed E-state index contributed by atoms with van der Waals surface area (Å²) in [6, 6.07) is 0. The Bertz CT molecular complexity index is 200. The van der Waals surface area contributed by atoms with Crippen LogP contribution in [0.25, 0.3) is 0 Å². The maximum atomic E-state index is 8.94. The van der Waals surface area contributed by atoms with Gasteiger partial charge < -0.3 is 10.2 Å². The number of rotatable bonds is 5. The number of allylic oxidation sites excluding steroid dienone is 3. The lowest BCUT2D eigenvalue weighted by Gasteiger charge is -1.95. The van der Waals surface area contributed by atoms with Gasteiger partial charge in [0.1, 0.15) is 0 Å². The molecule has 0 heterocycles. The van der Waals surface area contributed by atoms with Crippen molar-refractivity contribution in [1.82, 2.24) is 0 Å². The Morgan fingerprint density at radius 3 is 2.62 bits per heavy atom. The highest BCUT2D eigenvalue weighted by atomic mass is 16.3. The maximum absolute atomic E-state index is 8.94. The van der Waals surface area contributed by atoms with Gasteiger partial charge in [-0.3, -0.25) is 0 Å². The van der Waals surface area contributed by atoms with Gasteiger partial charge in [-0.1, -0.05) is 30.4 Å². The second-order valence-corrected chi connectivity index (χ2v) is 2.91. The van der Waals surface area contributed by atoms with Crippen LogP contribution in [0.4, 0.5) is 0 Å². The van der Waals surface area contributed by atoms with Crippen LogP contribution >= 0.6 is 0 Å². The first-order valence-electron chi connectivity index (χ1n) is 4.48.